The summed E-state index contributed by atoms with van der Waals surface area (Å²) in [6, 6.07) is 0. The van der Waals surface area contributed by atoms with Gasteiger partial charge in [0.2, 0.25) is 0 Å². The molecule has 0 saturated carbocycles. The average Bonchev–Trinajstić information content (AvgIpc) is 2.37. The normalized spacial score (nSPS) is 13.3. The molecule has 0 radical (unpaired) electrons. The second-order valence-electron chi connectivity index (χ2n) is 4.93. The van der Waals surface area contributed by atoms with Crippen molar-refractivity contribution in [2.24, 2.45) is 0 Å². The lowest BCUT2D eigenvalue weighted by Crippen LogP contribution is -2.71. The number of alkyl halides is 6. The van der Waals surface area contributed by atoms with Crippen LogP contribution in [0.1, 0.15) is 51.9 Å². The van der Waals surface area contributed by atoms with Crippen molar-refractivity contribution in [2.75, 3.05) is 6.61 Å². The molecule has 0 atom stereocenters. The Morgan fingerprint density at radius 1 is 0.864 bits per heavy atom. The topological polar surface area (TPSA) is 49.4 Å². The molecule has 0 aliphatic carbocycles. The molecule has 132 valence electrons. The minimum absolute atomic E-state index is 0.115. The molecule has 0 bridgehead atoms. The molecule has 0 rings (SSSR count). The van der Waals surface area contributed by atoms with Gasteiger partial charge in [-0.25, -0.2) is 0 Å². The fourth-order valence-electron chi connectivity index (χ4n) is 1.72. The van der Waals surface area contributed by atoms with Crippen molar-refractivity contribution in [3.05, 3.63) is 0 Å². The molecule has 0 amide bonds. The lowest BCUT2D eigenvalue weighted by atomic mass is 10.0. The van der Waals surface area contributed by atoms with Crippen LogP contribution in [0.2, 0.25) is 0 Å². The van der Waals surface area contributed by atoms with E-state index in [1.165, 1.54) is 0 Å². The van der Waals surface area contributed by atoms with E-state index in [0.717, 1.165) is 32.1 Å². The van der Waals surface area contributed by atoms with Gasteiger partial charge in [0.05, 0.1) is 6.61 Å². The Kier molecular flexibility index (Phi) is 8.21. The van der Waals surface area contributed by atoms with Gasteiger partial charge < -0.3 is 9.84 Å². The fraction of sp³-hybridized carbons (Fsp3) is 0.923. The molecule has 0 aliphatic rings. The minimum atomic E-state index is -6.30. The summed E-state index contributed by atoms with van der Waals surface area (Å²) in [4.78, 5) is 11.0. The van der Waals surface area contributed by atoms with Gasteiger partial charge >= 0.3 is 18.3 Å². The lowest BCUT2D eigenvalue weighted by Gasteiger charge is -2.40. The monoisotopic (exact) mass is 337 g/mol. The summed E-state index contributed by atoms with van der Waals surface area (Å²) >= 11 is 0. The Balaban J connectivity index is 4.28. The molecular weight excluding hydrogens is 318 g/mol. The zero-order valence-electron chi connectivity index (χ0n) is 12.1. The van der Waals surface area contributed by atoms with Crippen molar-refractivity contribution in [3.8, 4) is 0 Å². The van der Waals surface area contributed by atoms with Crippen LogP contribution >= 0.6 is 0 Å². The minimum Gasteiger partial charge on any atom is -0.828 e. The quantitative estimate of drug-likeness (QED) is 0.368. The van der Waals surface area contributed by atoms with Crippen molar-refractivity contribution >= 4 is 5.97 Å². The number of hydrogen-bond donors (Lipinski definition) is 0. The Hall–Kier alpha value is -0.990. The summed E-state index contributed by atoms with van der Waals surface area (Å²) in [5.74, 6) is -2.85. The van der Waals surface area contributed by atoms with E-state index in [1.54, 1.807) is 0 Å². The predicted molar refractivity (Wildman–Crippen MR) is 63.8 cm³/mol. The highest BCUT2D eigenvalue weighted by Crippen LogP contribution is 2.41. The number of carbonyl (C=O) groups is 1. The number of unbranched alkanes of at least 4 members (excludes halogenated alkanes) is 6. The first-order chi connectivity index (χ1) is 9.98. The van der Waals surface area contributed by atoms with Gasteiger partial charge in [-0.15, -0.1) is 0 Å². The van der Waals surface area contributed by atoms with Gasteiger partial charge in [-0.1, -0.05) is 45.4 Å². The third kappa shape index (κ3) is 5.66. The highest BCUT2D eigenvalue weighted by Gasteiger charge is 2.68. The number of ether oxygens (including phenoxy) is 1. The maximum absolute atomic E-state index is 12.3. The van der Waals surface area contributed by atoms with Gasteiger partial charge in [-0.3, -0.25) is 4.79 Å². The smallest absolute Gasteiger partial charge is 0.399 e. The molecule has 3 nitrogen and oxygen atoms in total. The molecule has 0 aromatic heterocycles. The van der Waals surface area contributed by atoms with Crippen LogP contribution in [-0.2, 0) is 9.53 Å². The highest BCUT2D eigenvalue weighted by atomic mass is 19.4. The van der Waals surface area contributed by atoms with Gasteiger partial charge in [0.25, 0.3) is 0 Å². The highest BCUT2D eigenvalue weighted by molar-refractivity contribution is 5.81. The largest absolute Gasteiger partial charge is 0.828 e. The van der Waals surface area contributed by atoms with Crippen LogP contribution in [0.15, 0.2) is 0 Å². The number of halogens is 6. The van der Waals surface area contributed by atoms with Crippen LogP contribution < -0.4 is 5.11 Å². The average molecular weight is 337 g/mol. The van der Waals surface area contributed by atoms with Crippen LogP contribution in [0.5, 0.6) is 0 Å². The maximum atomic E-state index is 12.3. The third-order valence-electron chi connectivity index (χ3n) is 3.07. The SMILES string of the molecule is CCCCCCCCCOC(=O)C([O-])(C(F)(F)F)C(F)(F)F. The molecular formula is C13H19F6O3-. The molecule has 0 fully saturated rings. The molecule has 0 saturated heterocycles. The van der Waals surface area contributed by atoms with Crippen molar-refractivity contribution in [1.82, 2.24) is 0 Å². The Labute approximate surface area is 124 Å². The summed E-state index contributed by atoms with van der Waals surface area (Å²) < 4.78 is 77.5. The van der Waals surface area contributed by atoms with Crippen molar-refractivity contribution in [2.45, 2.75) is 69.8 Å². The van der Waals surface area contributed by atoms with Gasteiger partial charge in [0.1, 0.15) is 0 Å². The van der Waals surface area contributed by atoms with E-state index in [0.29, 0.717) is 6.42 Å². The first-order valence-electron chi connectivity index (χ1n) is 6.99. The van der Waals surface area contributed by atoms with E-state index < -0.39 is 30.5 Å². The molecule has 0 aliphatic heterocycles. The van der Waals surface area contributed by atoms with E-state index in [9.17, 15) is 36.2 Å². The van der Waals surface area contributed by atoms with Crippen LogP contribution in [-0.4, -0.2) is 30.5 Å². The second-order valence-corrected chi connectivity index (χ2v) is 4.93. The summed E-state index contributed by atoms with van der Waals surface area (Å²) in [5.41, 5.74) is -5.73. The number of esters is 1. The lowest BCUT2D eigenvalue weighted by molar-refractivity contribution is -0.574. The molecule has 0 heterocycles. The Bertz CT molecular complexity index is 324. The number of hydrogen-bond acceptors (Lipinski definition) is 3. The summed E-state index contributed by atoms with van der Waals surface area (Å²) in [6.07, 6.45) is -7.29. The summed E-state index contributed by atoms with van der Waals surface area (Å²) in [6.45, 7) is 1.39. The van der Waals surface area contributed by atoms with E-state index in [1.807, 2.05) is 6.92 Å². The van der Waals surface area contributed by atoms with E-state index in [-0.39, 0.29) is 6.42 Å². The van der Waals surface area contributed by atoms with E-state index in [4.69, 9.17) is 0 Å². The maximum Gasteiger partial charge on any atom is 0.399 e. The van der Waals surface area contributed by atoms with E-state index >= 15 is 0 Å². The summed E-state index contributed by atoms with van der Waals surface area (Å²) in [7, 11) is 0. The zero-order chi connectivity index (χ0) is 17.4. The van der Waals surface area contributed by atoms with Crippen molar-refractivity contribution < 1.29 is 41.0 Å². The van der Waals surface area contributed by atoms with E-state index in [2.05, 4.69) is 4.74 Å². The van der Waals surface area contributed by atoms with Crippen molar-refractivity contribution in [1.29, 1.82) is 0 Å². The first kappa shape index (κ1) is 21.0. The van der Waals surface area contributed by atoms with Gasteiger partial charge in [-0.05, 0) is 6.42 Å². The van der Waals surface area contributed by atoms with Gasteiger partial charge in [0.15, 0.2) is 5.60 Å². The summed E-state index contributed by atoms with van der Waals surface area (Å²) in [5, 5.41) is 11.0. The molecule has 0 aromatic rings. The van der Waals surface area contributed by atoms with Crippen LogP contribution in [0, 0.1) is 0 Å². The molecule has 0 N–H and O–H groups in total. The molecule has 0 spiro atoms. The van der Waals surface area contributed by atoms with Crippen LogP contribution in [0.3, 0.4) is 0 Å². The molecule has 0 unspecified atom stereocenters. The standard InChI is InChI=1S/C13H19F6O3/c1-2-3-4-5-6-7-8-9-22-10(20)11(21,12(14,15)16)13(17,18)19/h2-9H2,1H3/q-1. The Morgan fingerprint density at radius 2 is 1.27 bits per heavy atom. The predicted octanol–water partition coefficient (Wildman–Crippen LogP) is 3.50. The van der Waals surface area contributed by atoms with Crippen LogP contribution in [0.4, 0.5) is 26.3 Å². The molecule has 9 heteroatoms. The van der Waals surface area contributed by atoms with Gasteiger partial charge in [0, 0.05) is 0 Å². The first-order valence-corrected chi connectivity index (χ1v) is 6.99. The third-order valence-corrected chi connectivity index (χ3v) is 3.07. The molecule has 0 aromatic carbocycles. The second kappa shape index (κ2) is 8.59. The van der Waals surface area contributed by atoms with Crippen molar-refractivity contribution in [3.63, 3.8) is 0 Å². The number of rotatable bonds is 9. The zero-order valence-corrected chi connectivity index (χ0v) is 12.1. The van der Waals surface area contributed by atoms with Crippen LogP contribution in [0.25, 0.3) is 0 Å². The fourth-order valence-corrected chi connectivity index (χ4v) is 1.72. The van der Waals surface area contributed by atoms with Gasteiger partial charge in [-0.2, -0.15) is 26.3 Å². The number of carbonyl (C=O) groups excluding carboxylic acids is 1. The Morgan fingerprint density at radius 3 is 1.68 bits per heavy atom. The molecule has 22 heavy (non-hydrogen) atoms.